The van der Waals surface area contributed by atoms with Gasteiger partial charge >= 0.3 is 0 Å². The third-order valence-corrected chi connectivity index (χ3v) is 3.76. The van der Waals surface area contributed by atoms with Crippen molar-refractivity contribution in [2.24, 2.45) is 0 Å². The van der Waals surface area contributed by atoms with E-state index in [4.69, 9.17) is 10.5 Å². The van der Waals surface area contributed by atoms with Gasteiger partial charge in [0.1, 0.15) is 11.5 Å². The number of hydrogen-bond acceptors (Lipinski definition) is 5. The summed E-state index contributed by atoms with van der Waals surface area (Å²) >= 11 is 0. The molecule has 0 aliphatic heterocycles. The summed E-state index contributed by atoms with van der Waals surface area (Å²) in [6.07, 6.45) is 0. The first-order chi connectivity index (χ1) is 8.38. The fourth-order valence-corrected chi connectivity index (χ4v) is 2.82. The van der Waals surface area contributed by atoms with Crippen LogP contribution in [0.25, 0.3) is 0 Å². The van der Waals surface area contributed by atoms with Crippen LogP contribution in [0.3, 0.4) is 0 Å². The molecule has 6 nitrogen and oxygen atoms in total. The number of nitrogens with two attached hydrogens (primary N) is 1. The monoisotopic (exact) mass is 272 g/mol. The van der Waals surface area contributed by atoms with E-state index >= 15 is 0 Å². The second-order valence-electron chi connectivity index (χ2n) is 3.78. The number of anilines is 1. The predicted molar refractivity (Wildman–Crippen MR) is 69.0 cm³/mol. The molecule has 18 heavy (non-hydrogen) atoms. The molecule has 1 aromatic carbocycles. The zero-order valence-corrected chi connectivity index (χ0v) is 11.1. The second kappa shape index (κ2) is 5.72. The van der Waals surface area contributed by atoms with Gasteiger partial charge in [0.25, 0.3) is 0 Å². The molecule has 0 aromatic heterocycles. The molecule has 0 radical (unpaired) electrons. The normalized spacial score (nSPS) is 11.0. The summed E-state index contributed by atoms with van der Waals surface area (Å²) in [5, 5.41) is 2.27. The average molecular weight is 272 g/mol. The molecule has 1 aromatic rings. The lowest BCUT2D eigenvalue weighted by Gasteiger charge is -2.09. The van der Waals surface area contributed by atoms with Crippen LogP contribution in [-0.2, 0) is 20.4 Å². The van der Waals surface area contributed by atoms with Gasteiger partial charge in [-0.05, 0) is 18.2 Å². The summed E-state index contributed by atoms with van der Waals surface area (Å²) in [6.45, 7) is 0. The van der Waals surface area contributed by atoms with Gasteiger partial charge < -0.3 is 15.8 Å². The summed E-state index contributed by atoms with van der Waals surface area (Å²) in [6, 6.07) is 4.74. The standard InChI is InChI=1S/C11H16N2O4S/c1-13-11(14)7-18(15,16)6-8-5-9(12)3-4-10(8)17-2/h3-5H,6-7,12H2,1-2H3,(H,13,14). The maximum Gasteiger partial charge on any atom is 0.234 e. The molecule has 1 amide bonds. The largest absolute Gasteiger partial charge is 0.496 e. The van der Waals surface area contributed by atoms with Crippen molar-refractivity contribution in [3.63, 3.8) is 0 Å². The highest BCUT2D eigenvalue weighted by molar-refractivity contribution is 7.91. The number of sulfone groups is 1. The van der Waals surface area contributed by atoms with Crippen LogP contribution in [-0.4, -0.2) is 34.2 Å². The molecule has 1 rings (SSSR count). The van der Waals surface area contributed by atoms with Crippen LogP contribution in [0.5, 0.6) is 5.75 Å². The first-order valence-corrected chi connectivity index (χ1v) is 7.03. The van der Waals surface area contributed by atoms with Crippen molar-refractivity contribution >= 4 is 21.4 Å². The summed E-state index contributed by atoms with van der Waals surface area (Å²) in [4.78, 5) is 11.1. The van der Waals surface area contributed by atoms with Crippen molar-refractivity contribution in [1.29, 1.82) is 0 Å². The Morgan fingerprint density at radius 3 is 2.67 bits per heavy atom. The minimum absolute atomic E-state index is 0.283. The van der Waals surface area contributed by atoms with E-state index in [1.165, 1.54) is 20.2 Å². The second-order valence-corrected chi connectivity index (χ2v) is 5.84. The Balaban J connectivity index is 2.96. The Morgan fingerprint density at radius 1 is 1.44 bits per heavy atom. The molecule has 100 valence electrons. The molecular weight excluding hydrogens is 256 g/mol. The lowest BCUT2D eigenvalue weighted by molar-refractivity contribution is -0.118. The highest BCUT2D eigenvalue weighted by Crippen LogP contribution is 2.23. The van der Waals surface area contributed by atoms with Crippen molar-refractivity contribution in [2.45, 2.75) is 5.75 Å². The van der Waals surface area contributed by atoms with Gasteiger partial charge in [0.2, 0.25) is 5.91 Å². The van der Waals surface area contributed by atoms with Gasteiger partial charge in [0.05, 0.1) is 12.9 Å². The molecule has 0 unspecified atom stereocenters. The first-order valence-electron chi connectivity index (χ1n) is 5.21. The quantitative estimate of drug-likeness (QED) is 0.732. The number of ether oxygens (including phenoxy) is 1. The smallest absolute Gasteiger partial charge is 0.234 e. The fraction of sp³-hybridized carbons (Fsp3) is 0.364. The number of benzene rings is 1. The molecule has 0 saturated carbocycles. The average Bonchev–Trinajstić information content (AvgIpc) is 2.28. The van der Waals surface area contributed by atoms with E-state index < -0.39 is 21.5 Å². The van der Waals surface area contributed by atoms with Crippen molar-refractivity contribution in [3.8, 4) is 5.75 Å². The van der Waals surface area contributed by atoms with Gasteiger partial charge in [-0.1, -0.05) is 0 Å². The topological polar surface area (TPSA) is 98.5 Å². The third kappa shape index (κ3) is 3.92. The summed E-state index contributed by atoms with van der Waals surface area (Å²) in [7, 11) is -0.710. The highest BCUT2D eigenvalue weighted by Gasteiger charge is 2.18. The van der Waals surface area contributed by atoms with E-state index in [2.05, 4.69) is 5.32 Å². The van der Waals surface area contributed by atoms with Gasteiger partial charge in [0, 0.05) is 18.3 Å². The lowest BCUT2D eigenvalue weighted by atomic mass is 10.2. The molecule has 0 heterocycles. The maximum absolute atomic E-state index is 11.8. The maximum atomic E-state index is 11.8. The Morgan fingerprint density at radius 2 is 2.11 bits per heavy atom. The van der Waals surface area contributed by atoms with Crippen LogP contribution in [0.4, 0.5) is 5.69 Å². The molecule has 0 saturated heterocycles. The van der Waals surface area contributed by atoms with Crippen molar-refractivity contribution in [1.82, 2.24) is 5.32 Å². The van der Waals surface area contributed by atoms with E-state index in [0.29, 0.717) is 17.0 Å². The number of nitrogens with one attached hydrogen (secondary N) is 1. The Labute approximate surface area is 106 Å². The van der Waals surface area contributed by atoms with E-state index in [1.54, 1.807) is 12.1 Å². The number of amides is 1. The van der Waals surface area contributed by atoms with E-state index in [0.717, 1.165) is 0 Å². The van der Waals surface area contributed by atoms with Crippen LogP contribution >= 0.6 is 0 Å². The predicted octanol–water partition coefficient (Wildman–Crippen LogP) is -0.0618. The van der Waals surface area contributed by atoms with E-state index in [-0.39, 0.29) is 5.75 Å². The van der Waals surface area contributed by atoms with Crippen molar-refractivity contribution in [2.75, 3.05) is 25.6 Å². The minimum Gasteiger partial charge on any atom is -0.496 e. The molecule has 7 heteroatoms. The molecule has 0 spiro atoms. The number of rotatable bonds is 5. The zero-order chi connectivity index (χ0) is 13.8. The first kappa shape index (κ1) is 14.3. The van der Waals surface area contributed by atoms with Gasteiger partial charge in [-0.2, -0.15) is 0 Å². The number of methoxy groups -OCH3 is 1. The van der Waals surface area contributed by atoms with Gasteiger partial charge in [-0.15, -0.1) is 0 Å². The zero-order valence-electron chi connectivity index (χ0n) is 10.3. The van der Waals surface area contributed by atoms with Gasteiger partial charge in [-0.25, -0.2) is 8.42 Å². The summed E-state index contributed by atoms with van der Waals surface area (Å²) < 4.78 is 28.6. The number of nitrogen functional groups attached to an aromatic ring is 1. The summed E-state index contributed by atoms with van der Waals surface area (Å²) in [5.41, 5.74) is 6.49. The summed E-state index contributed by atoms with van der Waals surface area (Å²) in [5.74, 6) is -0.946. The van der Waals surface area contributed by atoms with Crippen molar-refractivity contribution in [3.05, 3.63) is 23.8 Å². The highest BCUT2D eigenvalue weighted by atomic mass is 32.2. The van der Waals surface area contributed by atoms with Crippen LogP contribution in [0.15, 0.2) is 18.2 Å². The molecule has 3 N–H and O–H groups in total. The molecule has 0 aliphatic carbocycles. The van der Waals surface area contributed by atoms with E-state index in [1.807, 2.05) is 0 Å². The molecule has 0 aliphatic rings. The third-order valence-electron chi connectivity index (χ3n) is 2.31. The van der Waals surface area contributed by atoms with E-state index in [9.17, 15) is 13.2 Å². The fourth-order valence-electron chi connectivity index (χ4n) is 1.47. The van der Waals surface area contributed by atoms with Crippen LogP contribution in [0.2, 0.25) is 0 Å². The molecule has 0 fully saturated rings. The molecule has 0 atom stereocenters. The SMILES string of the molecule is CNC(=O)CS(=O)(=O)Cc1cc(N)ccc1OC. The van der Waals surface area contributed by atoms with Gasteiger partial charge in [0.15, 0.2) is 9.84 Å². The molecule has 0 bridgehead atoms. The minimum atomic E-state index is -3.54. The number of carbonyl (C=O) groups is 1. The van der Waals surface area contributed by atoms with Crippen LogP contribution in [0, 0.1) is 0 Å². The Bertz CT molecular complexity index is 540. The van der Waals surface area contributed by atoms with Crippen molar-refractivity contribution < 1.29 is 17.9 Å². The van der Waals surface area contributed by atoms with Gasteiger partial charge in [-0.3, -0.25) is 4.79 Å². The molecular formula is C11H16N2O4S. The van der Waals surface area contributed by atoms with Crippen LogP contribution < -0.4 is 15.8 Å². The number of carbonyl (C=O) groups excluding carboxylic acids is 1. The Hall–Kier alpha value is -1.76. The van der Waals surface area contributed by atoms with Crippen LogP contribution in [0.1, 0.15) is 5.56 Å². The Kier molecular flexibility index (Phi) is 4.55. The number of hydrogen-bond donors (Lipinski definition) is 2. The lowest BCUT2D eigenvalue weighted by Crippen LogP contribution is -2.27.